The number of rotatable bonds is 4. The number of methoxy groups -OCH3 is 1. The van der Waals surface area contributed by atoms with Gasteiger partial charge in [0.2, 0.25) is 5.88 Å². The Bertz CT molecular complexity index is 471. The molecule has 2 atom stereocenters. The monoisotopic (exact) mass is 278 g/mol. The van der Waals surface area contributed by atoms with Crippen molar-refractivity contribution in [1.29, 1.82) is 0 Å². The summed E-state index contributed by atoms with van der Waals surface area (Å²) in [5.41, 5.74) is 2.26. The molecule has 2 fully saturated rings. The van der Waals surface area contributed by atoms with Gasteiger partial charge >= 0.3 is 0 Å². The first-order chi connectivity index (χ1) is 9.70. The Morgan fingerprint density at radius 3 is 2.95 bits per heavy atom. The SMILES string of the molecule is COc1c(CN[C@@H]2CCN3CCCC[C@@H]23)c(C)nn1C. The molecule has 5 heteroatoms. The minimum absolute atomic E-state index is 0.625. The third kappa shape index (κ3) is 2.44. The van der Waals surface area contributed by atoms with E-state index in [1.54, 1.807) is 7.11 Å². The summed E-state index contributed by atoms with van der Waals surface area (Å²) in [7, 11) is 3.66. The second-order valence-electron chi connectivity index (χ2n) is 6.07. The molecule has 0 spiro atoms. The maximum Gasteiger partial charge on any atom is 0.216 e. The van der Waals surface area contributed by atoms with Crippen molar-refractivity contribution in [3.05, 3.63) is 11.3 Å². The van der Waals surface area contributed by atoms with Crippen LogP contribution in [0.5, 0.6) is 5.88 Å². The molecule has 1 aromatic rings. The quantitative estimate of drug-likeness (QED) is 0.905. The lowest BCUT2D eigenvalue weighted by Crippen LogP contribution is -2.44. The van der Waals surface area contributed by atoms with Gasteiger partial charge in [0.15, 0.2) is 0 Å². The maximum atomic E-state index is 5.47. The number of fused-ring (bicyclic) bond motifs is 1. The van der Waals surface area contributed by atoms with E-state index in [0.29, 0.717) is 6.04 Å². The fourth-order valence-corrected chi connectivity index (χ4v) is 3.86. The van der Waals surface area contributed by atoms with Crippen LogP contribution in [0.4, 0.5) is 0 Å². The number of aromatic nitrogens is 2. The summed E-state index contributed by atoms with van der Waals surface area (Å²) >= 11 is 0. The van der Waals surface area contributed by atoms with Gasteiger partial charge in [-0.2, -0.15) is 5.10 Å². The predicted molar refractivity (Wildman–Crippen MR) is 79.0 cm³/mol. The van der Waals surface area contributed by atoms with Crippen LogP contribution in [0.15, 0.2) is 0 Å². The van der Waals surface area contributed by atoms with E-state index in [0.717, 1.165) is 24.2 Å². The summed E-state index contributed by atoms with van der Waals surface area (Å²) in [6.45, 7) is 5.46. The Hall–Kier alpha value is -1.07. The van der Waals surface area contributed by atoms with Crippen LogP contribution in [0.2, 0.25) is 0 Å². The largest absolute Gasteiger partial charge is 0.481 e. The van der Waals surface area contributed by atoms with Gasteiger partial charge in [-0.25, -0.2) is 4.68 Å². The summed E-state index contributed by atoms with van der Waals surface area (Å²) in [5, 5.41) is 8.20. The van der Waals surface area contributed by atoms with Crippen molar-refractivity contribution in [1.82, 2.24) is 20.0 Å². The molecule has 0 amide bonds. The zero-order chi connectivity index (χ0) is 14.1. The Kier molecular flexibility index (Phi) is 3.98. The van der Waals surface area contributed by atoms with E-state index >= 15 is 0 Å². The fourth-order valence-electron chi connectivity index (χ4n) is 3.86. The summed E-state index contributed by atoms with van der Waals surface area (Å²) in [5.74, 6) is 0.883. The Labute approximate surface area is 121 Å². The lowest BCUT2D eigenvalue weighted by atomic mass is 9.99. The molecule has 0 bridgehead atoms. The van der Waals surface area contributed by atoms with E-state index in [2.05, 4.69) is 22.2 Å². The van der Waals surface area contributed by atoms with Crippen LogP contribution < -0.4 is 10.1 Å². The van der Waals surface area contributed by atoms with Crippen molar-refractivity contribution < 1.29 is 4.74 Å². The van der Waals surface area contributed by atoms with E-state index in [1.807, 2.05) is 11.7 Å². The number of nitrogens with one attached hydrogen (secondary N) is 1. The number of ether oxygens (including phenoxy) is 1. The maximum absolute atomic E-state index is 5.47. The molecule has 112 valence electrons. The molecule has 20 heavy (non-hydrogen) atoms. The highest BCUT2D eigenvalue weighted by molar-refractivity contribution is 5.30. The van der Waals surface area contributed by atoms with Gasteiger partial charge in [-0.05, 0) is 32.7 Å². The van der Waals surface area contributed by atoms with Crippen LogP contribution in [0, 0.1) is 6.92 Å². The van der Waals surface area contributed by atoms with E-state index in [9.17, 15) is 0 Å². The fraction of sp³-hybridized carbons (Fsp3) is 0.800. The predicted octanol–water partition coefficient (Wildman–Crippen LogP) is 1.45. The second-order valence-corrected chi connectivity index (χ2v) is 6.07. The third-order valence-electron chi connectivity index (χ3n) is 4.88. The lowest BCUT2D eigenvalue weighted by Gasteiger charge is -2.32. The summed E-state index contributed by atoms with van der Waals surface area (Å²) in [4.78, 5) is 2.66. The highest BCUT2D eigenvalue weighted by Gasteiger charge is 2.35. The molecule has 2 saturated heterocycles. The zero-order valence-corrected chi connectivity index (χ0v) is 12.9. The molecular formula is C15H26N4O. The minimum Gasteiger partial charge on any atom is -0.481 e. The van der Waals surface area contributed by atoms with Crippen molar-refractivity contribution in [2.24, 2.45) is 7.05 Å². The molecule has 3 rings (SSSR count). The number of aryl methyl sites for hydroxylation is 2. The van der Waals surface area contributed by atoms with Crippen molar-refractivity contribution in [2.75, 3.05) is 20.2 Å². The van der Waals surface area contributed by atoms with E-state index in [-0.39, 0.29) is 0 Å². The Morgan fingerprint density at radius 1 is 1.30 bits per heavy atom. The van der Waals surface area contributed by atoms with Gasteiger partial charge in [-0.3, -0.25) is 4.90 Å². The van der Waals surface area contributed by atoms with Gasteiger partial charge in [-0.1, -0.05) is 6.42 Å². The van der Waals surface area contributed by atoms with Gasteiger partial charge in [0, 0.05) is 32.2 Å². The summed E-state index contributed by atoms with van der Waals surface area (Å²) in [6.07, 6.45) is 5.38. The Morgan fingerprint density at radius 2 is 2.15 bits per heavy atom. The number of piperidine rings is 1. The second kappa shape index (κ2) is 5.74. The normalized spacial score (nSPS) is 26.8. The molecule has 3 heterocycles. The van der Waals surface area contributed by atoms with Crippen LogP contribution in [0.25, 0.3) is 0 Å². The molecule has 5 nitrogen and oxygen atoms in total. The minimum atomic E-state index is 0.625. The van der Waals surface area contributed by atoms with Crippen LogP contribution in [-0.2, 0) is 13.6 Å². The van der Waals surface area contributed by atoms with Crippen LogP contribution in [0.3, 0.4) is 0 Å². The first kappa shape index (κ1) is 13.9. The van der Waals surface area contributed by atoms with E-state index in [1.165, 1.54) is 44.3 Å². The summed E-state index contributed by atoms with van der Waals surface area (Å²) < 4.78 is 7.30. The number of nitrogens with zero attached hydrogens (tertiary/aromatic N) is 3. The Balaban J connectivity index is 1.65. The average Bonchev–Trinajstić information content (AvgIpc) is 2.97. The molecule has 2 aliphatic heterocycles. The average molecular weight is 278 g/mol. The molecule has 1 N–H and O–H groups in total. The van der Waals surface area contributed by atoms with E-state index < -0.39 is 0 Å². The molecule has 0 unspecified atom stereocenters. The van der Waals surface area contributed by atoms with E-state index in [4.69, 9.17) is 4.74 Å². The van der Waals surface area contributed by atoms with Crippen molar-refractivity contribution in [3.8, 4) is 5.88 Å². The zero-order valence-electron chi connectivity index (χ0n) is 12.9. The van der Waals surface area contributed by atoms with Crippen molar-refractivity contribution in [2.45, 2.75) is 51.2 Å². The van der Waals surface area contributed by atoms with Crippen LogP contribution >= 0.6 is 0 Å². The molecule has 2 aliphatic rings. The van der Waals surface area contributed by atoms with Gasteiger partial charge in [-0.15, -0.1) is 0 Å². The van der Waals surface area contributed by atoms with Gasteiger partial charge in [0.25, 0.3) is 0 Å². The van der Waals surface area contributed by atoms with Gasteiger partial charge in [0.05, 0.1) is 18.4 Å². The highest BCUT2D eigenvalue weighted by Crippen LogP contribution is 2.28. The molecule has 0 radical (unpaired) electrons. The van der Waals surface area contributed by atoms with Gasteiger partial charge in [0.1, 0.15) is 0 Å². The molecular weight excluding hydrogens is 252 g/mol. The van der Waals surface area contributed by atoms with Crippen LogP contribution in [0.1, 0.15) is 36.9 Å². The van der Waals surface area contributed by atoms with Gasteiger partial charge < -0.3 is 10.1 Å². The standard InChI is InChI=1S/C15H26N4O/c1-11-12(15(20-3)18(2)17-11)10-16-13-7-9-19-8-5-4-6-14(13)19/h13-14,16H,4-10H2,1-3H3/t13-,14+/m1/s1. The summed E-state index contributed by atoms with van der Waals surface area (Å²) in [6, 6.07) is 1.37. The topological polar surface area (TPSA) is 42.3 Å². The molecule has 0 aliphatic carbocycles. The smallest absolute Gasteiger partial charge is 0.216 e. The third-order valence-corrected chi connectivity index (χ3v) is 4.88. The lowest BCUT2D eigenvalue weighted by molar-refractivity contribution is 0.180. The van der Waals surface area contributed by atoms with Crippen molar-refractivity contribution in [3.63, 3.8) is 0 Å². The molecule has 0 saturated carbocycles. The highest BCUT2D eigenvalue weighted by atomic mass is 16.5. The van der Waals surface area contributed by atoms with Crippen LogP contribution in [-0.4, -0.2) is 47.0 Å². The first-order valence-electron chi connectivity index (χ1n) is 7.74. The molecule has 1 aromatic heterocycles. The number of hydrogen-bond donors (Lipinski definition) is 1. The molecule has 0 aromatic carbocycles. The number of hydrogen-bond acceptors (Lipinski definition) is 4. The first-order valence-corrected chi connectivity index (χ1v) is 7.74. The van der Waals surface area contributed by atoms with Crippen molar-refractivity contribution >= 4 is 0 Å².